The van der Waals surface area contributed by atoms with Crippen LogP contribution in [0.15, 0.2) is 34.2 Å². The number of nitrogens with one attached hydrogen (secondary N) is 2. The van der Waals surface area contributed by atoms with Gasteiger partial charge in [0.15, 0.2) is 10.9 Å². The van der Waals surface area contributed by atoms with Gasteiger partial charge >= 0.3 is 5.69 Å². The minimum Gasteiger partial charge on any atom is -0.385 e. The predicted octanol–water partition coefficient (Wildman–Crippen LogP) is 2.76. The second-order valence-corrected chi connectivity index (χ2v) is 7.41. The Hall–Kier alpha value is -2.32. The van der Waals surface area contributed by atoms with Gasteiger partial charge in [-0.2, -0.15) is 0 Å². The van der Waals surface area contributed by atoms with E-state index in [-0.39, 0.29) is 16.7 Å². The van der Waals surface area contributed by atoms with E-state index in [1.165, 1.54) is 11.8 Å². The number of benzene rings is 1. The maximum Gasteiger partial charge on any atom is 0.343 e. The van der Waals surface area contributed by atoms with Crippen molar-refractivity contribution in [3.05, 3.63) is 46.0 Å². The number of thioether (sulfide) groups is 1. The summed E-state index contributed by atoms with van der Waals surface area (Å²) in [7, 11) is 1.62. The first-order chi connectivity index (χ1) is 12.5. The first-order valence-electron chi connectivity index (χ1n) is 8.45. The first-order valence-corrected chi connectivity index (χ1v) is 9.33. The molecule has 0 spiro atoms. The summed E-state index contributed by atoms with van der Waals surface area (Å²) in [6.07, 6.45) is 0.702. The van der Waals surface area contributed by atoms with Crippen LogP contribution < -0.4 is 5.69 Å². The number of methoxy groups -OCH3 is 1. The number of aromatic amines is 2. The van der Waals surface area contributed by atoms with Crippen LogP contribution in [0.25, 0.3) is 10.9 Å². The Labute approximate surface area is 155 Å². The molecule has 0 amide bonds. The fraction of sp³-hybridized carbons (Fsp3) is 0.389. The fourth-order valence-corrected chi connectivity index (χ4v) is 3.91. The van der Waals surface area contributed by atoms with Gasteiger partial charge in [0.05, 0.1) is 5.25 Å². The van der Waals surface area contributed by atoms with Crippen molar-refractivity contribution in [1.82, 2.24) is 19.7 Å². The van der Waals surface area contributed by atoms with E-state index in [0.29, 0.717) is 30.3 Å². The summed E-state index contributed by atoms with van der Waals surface area (Å²) >= 11 is 1.29. The second-order valence-electron chi connectivity index (χ2n) is 6.10. The highest BCUT2D eigenvalue weighted by Gasteiger charge is 2.24. The van der Waals surface area contributed by atoms with Crippen molar-refractivity contribution in [1.29, 1.82) is 0 Å². The van der Waals surface area contributed by atoms with Crippen LogP contribution in [0.5, 0.6) is 0 Å². The Morgan fingerprint density at radius 3 is 2.92 bits per heavy atom. The normalized spacial score (nSPS) is 12.6. The molecular formula is C18H22N4O3S. The Bertz CT molecular complexity index is 972. The van der Waals surface area contributed by atoms with Crippen molar-refractivity contribution in [3.8, 4) is 0 Å². The lowest BCUT2D eigenvalue weighted by Gasteiger charge is -2.11. The van der Waals surface area contributed by atoms with E-state index in [9.17, 15) is 9.59 Å². The van der Waals surface area contributed by atoms with Gasteiger partial charge in [-0.15, -0.1) is 5.10 Å². The lowest BCUT2D eigenvalue weighted by atomic mass is 10.1. The summed E-state index contributed by atoms with van der Waals surface area (Å²) in [5, 5.41) is 7.60. The number of para-hydroxylation sites is 1. The fourth-order valence-electron chi connectivity index (χ4n) is 2.97. The number of ether oxygens (including phenoxy) is 1. The molecule has 7 nitrogen and oxygen atoms in total. The Morgan fingerprint density at radius 2 is 2.15 bits per heavy atom. The smallest absolute Gasteiger partial charge is 0.343 e. The summed E-state index contributed by atoms with van der Waals surface area (Å²) in [6, 6.07) is 7.76. The molecule has 0 unspecified atom stereocenters. The lowest BCUT2D eigenvalue weighted by Crippen LogP contribution is -2.20. The number of rotatable bonds is 8. The number of hydrogen-bond acceptors (Lipinski definition) is 5. The second kappa shape index (κ2) is 7.92. The number of ketones is 1. The van der Waals surface area contributed by atoms with E-state index < -0.39 is 0 Å². The highest BCUT2D eigenvalue weighted by molar-refractivity contribution is 8.00. The Kier molecular flexibility index (Phi) is 5.63. The van der Waals surface area contributed by atoms with Gasteiger partial charge in [-0.05, 0) is 26.3 Å². The average Bonchev–Trinajstić information content (AvgIpc) is 3.14. The molecule has 3 rings (SSSR count). The van der Waals surface area contributed by atoms with Crippen LogP contribution in [0.4, 0.5) is 0 Å². The summed E-state index contributed by atoms with van der Waals surface area (Å²) < 4.78 is 6.58. The molecule has 8 heteroatoms. The molecule has 0 aliphatic rings. The third-order valence-corrected chi connectivity index (χ3v) is 5.33. The Morgan fingerprint density at radius 1 is 1.38 bits per heavy atom. The number of Topliss-reactive ketones (excluding diaryl/α,β-unsaturated/α-hetero) is 1. The molecule has 0 aliphatic carbocycles. The third kappa shape index (κ3) is 3.61. The van der Waals surface area contributed by atoms with Crippen LogP contribution in [-0.2, 0) is 11.3 Å². The summed E-state index contributed by atoms with van der Waals surface area (Å²) in [6.45, 7) is 4.80. The molecule has 2 N–H and O–H groups in total. The molecule has 2 heterocycles. The van der Waals surface area contributed by atoms with Gasteiger partial charge in [-0.3, -0.25) is 9.36 Å². The third-order valence-electron chi connectivity index (χ3n) is 4.24. The van der Waals surface area contributed by atoms with Gasteiger partial charge in [0, 0.05) is 42.4 Å². The zero-order valence-electron chi connectivity index (χ0n) is 15.0. The molecular weight excluding hydrogens is 352 g/mol. The van der Waals surface area contributed by atoms with E-state index in [1.54, 1.807) is 11.7 Å². The molecule has 0 radical (unpaired) electrons. The minimum absolute atomic E-state index is 0.0174. The average molecular weight is 374 g/mol. The number of aromatic nitrogens is 4. The van der Waals surface area contributed by atoms with Crippen LogP contribution in [0, 0.1) is 6.92 Å². The number of carbonyl (C=O) groups is 1. The summed E-state index contributed by atoms with van der Waals surface area (Å²) in [4.78, 5) is 28.2. The number of aryl methyl sites for hydroxylation is 1. The lowest BCUT2D eigenvalue weighted by molar-refractivity contribution is 0.0995. The van der Waals surface area contributed by atoms with Crippen molar-refractivity contribution in [2.45, 2.75) is 37.2 Å². The van der Waals surface area contributed by atoms with E-state index in [1.807, 2.05) is 38.1 Å². The van der Waals surface area contributed by atoms with Crippen LogP contribution in [0.1, 0.15) is 29.4 Å². The van der Waals surface area contributed by atoms with E-state index in [0.717, 1.165) is 16.6 Å². The molecule has 0 saturated heterocycles. The highest BCUT2D eigenvalue weighted by Crippen LogP contribution is 2.28. The molecule has 2 aromatic heterocycles. The first kappa shape index (κ1) is 18.5. The highest BCUT2D eigenvalue weighted by atomic mass is 32.2. The van der Waals surface area contributed by atoms with Crippen molar-refractivity contribution >= 4 is 28.4 Å². The van der Waals surface area contributed by atoms with Gasteiger partial charge in [0.25, 0.3) is 0 Å². The molecule has 3 aromatic rings. The van der Waals surface area contributed by atoms with Crippen LogP contribution >= 0.6 is 11.8 Å². The van der Waals surface area contributed by atoms with E-state index >= 15 is 0 Å². The monoisotopic (exact) mass is 374 g/mol. The van der Waals surface area contributed by atoms with E-state index in [4.69, 9.17) is 4.74 Å². The van der Waals surface area contributed by atoms with Crippen molar-refractivity contribution in [2.24, 2.45) is 0 Å². The molecule has 0 aliphatic heterocycles. The number of nitrogens with zero attached hydrogens (tertiary/aromatic N) is 2. The molecule has 138 valence electrons. The van der Waals surface area contributed by atoms with Crippen molar-refractivity contribution in [2.75, 3.05) is 13.7 Å². The topological polar surface area (TPSA) is 92.8 Å². The summed E-state index contributed by atoms with van der Waals surface area (Å²) in [5.74, 6) is 0.0174. The summed E-state index contributed by atoms with van der Waals surface area (Å²) in [5.41, 5.74) is 2.22. The zero-order valence-corrected chi connectivity index (χ0v) is 15.9. The molecule has 1 atom stereocenters. The minimum atomic E-state index is -0.371. The molecule has 0 fully saturated rings. The maximum absolute atomic E-state index is 13.0. The van der Waals surface area contributed by atoms with Crippen molar-refractivity contribution < 1.29 is 9.53 Å². The number of fused-ring (bicyclic) bond motifs is 1. The number of H-pyrrole nitrogens is 2. The van der Waals surface area contributed by atoms with Gasteiger partial charge in [-0.25, -0.2) is 9.89 Å². The van der Waals surface area contributed by atoms with Crippen LogP contribution in [0.3, 0.4) is 0 Å². The van der Waals surface area contributed by atoms with Gasteiger partial charge in [0.2, 0.25) is 0 Å². The molecule has 1 aromatic carbocycles. The molecule has 0 bridgehead atoms. The molecule has 26 heavy (non-hydrogen) atoms. The van der Waals surface area contributed by atoms with Crippen molar-refractivity contribution in [3.63, 3.8) is 0 Å². The van der Waals surface area contributed by atoms with Crippen LogP contribution in [-0.4, -0.2) is 44.5 Å². The van der Waals surface area contributed by atoms with Gasteiger partial charge < -0.3 is 9.72 Å². The zero-order chi connectivity index (χ0) is 18.7. The SMILES string of the molecule is COCCCn1c(S[C@@H](C)C(=O)c2c(C)[nH]c3ccccc23)n[nH]c1=O. The number of carbonyl (C=O) groups excluding carboxylic acids is 1. The molecule has 0 saturated carbocycles. The Balaban J connectivity index is 1.82. The number of hydrogen-bond donors (Lipinski definition) is 2. The van der Waals surface area contributed by atoms with Crippen LogP contribution in [0.2, 0.25) is 0 Å². The predicted molar refractivity (Wildman–Crippen MR) is 102 cm³/mol. The maximum atomic E-state index is 13.0. The van der Waals surface area contributed by atoms with Gasteiger partial charge in [0.1, 0.15) is 0 Å². The quantitative estimate of drug-likeness (QED) is 0.359. The largest absolute Gasteiger partial charge is 0.385 e. The van der Waals surface area contributed by atoms with E-state index in [2.05, 4.69) is 15.2 Å². The van der Waals surface area contributed by atoms with Gasteiger partial charge in [-0.1, -0.05) is 30.0 Å². The standard InChI is InChI=1S/C18H22N4O3S/c1-11-15(13-7-4-5-8-14(13)19-11)16(23)12(2)26-18-21-20-17(24)22(18)9-6-10-25-3/h4-5,7-8,12,19H,6,9-10H2,1-3H3,(H,20,24)/t12-/m0/s1.